The normalized spacial score (nSPS) is 15.1. The van der Waals surface area contributed by atoms with Crippen LogP contribution in [0.1, 0.15) is 35.3 Å². The minimum atomic E-state index is -1.17. The summed E-state index contributed by atoms with van der Waals surface area (Å²) in [6, 6.07) is 12.5. The van der Waals surface area contributed by atoms with E-state index in [9.17, 15) is 9.18 Å². The van der Waals surface area contributed by atoms with Crippen molar-refractivity contribution in [2.75, 3.05) is 6.61 Å². The minimum Gasteiger partial charge on any atom is -0.451 e. The van der Waals surface area contributed by atoms with Crippen LogP contribution in [0.25, 0.3) is 5.57 Å². The number of cyclic esters (lactones) is 1. The van der Waals surface area contributed by atoms with Gasteiger partial charge in [0.15, 0.2) is 0 Å². The Bertz CT molecular complexity index is 812. The Balaban J connectivity index is 1.79. The average Bonchev–Trinajstić information content (AvgIpc) is 2.54. The van der Waals surface area contributed by atoms with E-state index in [1.807, 2.05) is 30.3 Å². The van der Waals surface area contributed by atoms with Crippen molar-refractivity contribution in [2.45, 2.75) is 26.2 Å². The van der Waals surface area contributed by atoms with Gasteiger partial charge >= 0.3 is 5.97 Å². The Morgan fingerprint density at radius 1 is 1.16 bits per heavy atom. The molecular formula is C20H19FO4. The lowest BCUT2D eigenvalue weighted by molar-refractivity contribution is -0.128. The summed E-state index contributed by atoms with van der Waals surface area (Å²) in [6.07, 6.45) is 0. The van der Waals surface area contributed by atoms with Crippen molar-refractivity contribution in [1.29, 1.82) is 0 Å². The molecule has 1 aliphatic heterocycles. The van der Waals surface area contributed by atoms with Gasteiger partial charge in [-0.3, -0.25) is 0 Å². The minimum absolute atomic E-state index is 0.148. The summed E-state index contributed by atoms with van der Waals surface area (Å²) >= 11 is 0. The third kappa shape index (κ3) is 3.72. The molecule has 0 amide bonds. The van der Waals surface area contributed by atoms with Gasteiger partial charge in [0.25, 0.3) is 0 Å². The van der Waals surface area contributed by atoms with Crippen LogP contribution in [0.15, 0.2) is 49.0 Å². The van der Waals surface area contributed by atoms with Crippen LogP contribution in [0.4, 0.5) is 4.39 Å². The lowest BCUT2D eigenvalue weighted by Crippen LogP contribution is -2.39. The SMILES string of the molecule is C=C(COCc1ccccc1)c1ccc(F)c2c1OC(C)(C)OC2=O. The molecule has 2 aromatic rings. The van der Waals surface area contributed by atoms with E-state index < -0.39 is 17.6 Å². The fourth-order valence-corrected chi connectivity index (χ4v) is 2.62. The first-order valence-electron chi connectivity index (χ1n) is 7.92. The van der Waals surface area contributed by atoms with Crippen LogP contribution in [0.5, 0.6) is 5.75 Å². The van der Waals surface area contributed by atoms with E-state index in [0.29, 0.717) is 17.7 Å². The van der Waals surface area contributed by atoms with E-state index in [1.165, 1.54) is 12.1 Å². The highest BCUT2D eigenvalue weighted by molar-refractivity contribution is 5.96. The second-order valence-corrected chi connectivity index (χ2v) is 6.27. The molecule has 25 heavy (non-hydrogen) atoms. The number of hydrogen-bond donors (Lipinski definition) is 0. The first kappa shape index (κ1) is 17.2. The molecule has 0 aromatic heterocycles. The Morgan fingerprint density at radius 2 is 1.88 bits per heavy atom. The molecule has 0 unspecified atom stereocenters. The summed E-state index contributed by atoms with van der Waals surface area (Å²) in [5, 5.41) is 0. The molecule has 5 heteroatoms. The molecule has 3 rings (SSSR count). The van der Waals surface area contributed by atoms with Crippen molar-refractivity contribution in [3.63, 3.8) is 0 Å². The van der Waals surface area contributed by atoms with Gasteiger partial charge in [0.05, 0.1) is 13.2 Å². The molecule has 0 bridgehead atoms. The monoisotopic (exact) mass is 342 g/mol. The third-order valence-corrected chi connectivity index (χ3v) is 3.77. The maximum absolute atomic E-state index is 14.0. The molecular weight excluding hydrogens is 323 g/mol. The number of benzene rings is 2. The fraction of sp³-hybridized carbons (Fsp3) is 0.250. The fourth-order valence-electron chi connectivity index (χ4n) is 2.62. The largest absolute Gasteiger partial charge is 0.451 e. The van der Waals surface area contributed by atoms with E-state index in [-0.39, 0.29) is 17.9 Å². The van der Waals surface area contributed by atoms with Gasteiger partial charge in [-0.15, -0.1) is 0 Å². The standard InChI is InChI=1S/C20H19FO4/c1-13(11-23-12-14-7-5-4-6-8-14)15-9-10-16(21)17-18(15)24-20(2,3)25-19(17)22/h4-10H,1,11-12H2,2-3H3. The van der Waals surface area contributed by atoms with E-state index in [4.69, 9.17) is 14.2 Å². The Kier molecular flexibility index (Phi) is 4.59. The van der Waals surface area contributed by atoms with Crippen molar-refractivity contribution in [3.8, 4) is 5.75 Å². The summed E-state index contributed by atoms with van der Waals surface area (Å²) in [7, 11) is 0. The van der Waals surface area contributed by atoms with Crippen LogP contribution in [0.2, 0.25) is 0 Å². The summed E-state index contributed by atoms with van der Waals surface area (Å²) in [6.45, 7) is 7.83. The number of esters is 1. The van der Waals surface area contributed by atoms with Crippen molar-refractivity contribution >= 4 is 11.5 Å². The summed E-state index contributed by atoms with van der Waals surface area (Å²) in [4.78, 5) is 12.1. The van der Waals surface area contributed by atoms with Crippen molar-refractivity contribution in [2.24, 2.45) is 0 Å². The molecule has 0 saturated carbocycles. The van der Waals surface area contributed by atoms with Crippen LogP contribution < -0.4 is 4.74 Å². The highest BCUT2D eigenvalue weighted by Gasteiger charge is 2.37. The van der Waals surface area contributed by atoms with Gasteiger partial charge < -0.3 is 14.2 Å². The maximum Gasteiger partial charge on any atom is 0.348 e. The summed E-state index contributed by atoms with van der Waals surface area (Å²) < 4.78 is 30.5. The predicted molar refractivity (Wildman–Crippen MR) is 91.7 cm³/mol. The number of hydrogen-bond acceptors (Lipinski definition) is 4. The van der Waals surface area contributed by atoms with Gasteiger partial charge in [0.2, 0.25) is 5.79 Å². The van der Waals surface area contributed by atoms with Crippen molar-refractivity contribution < 1.29 is 23.4 Å². The zero-order valence-corrected chi connectivity index (χ0v) is 14.2. The molecule has 1 aliphatic rings. The zero-order chi connectivity index (χ0) is 18.0. The lowest BCUT2D eigenvalue weighted by Gasteiger charge is -2.33. The van der Waals surface area contributed by atoms with Gasteiger partial charge in [-0.25, -0.2) is 9.18 Å². The molecule has 0 radical (unpaired) electrons. The predicted octanol–water partition coefficient (Wildman–Crippen LogP) is 4.34. The van der Waals surface area contributed by atoms with Crippen LogP contribution in [-0.2, 0) is 16.1 Å². The van der Waals surface area contributed by atoms with Crippen molar-refractivity contribution in [1.82, 2.24) is 0 Å². The number of carbonyl (C=O) groups excluding carboxylic acids is 1. The van der Waals surface area contributed by atoms with Gasteiger partial charge in [-0.2, -0.15) is 0 Å². The number of ether oxygens (including phenoxy) is 3. The van der Waals surface area contributed by atoms with E-state index >= 15 is 0 Å². The first-order valence-corrected chi connectivity index (χ1v) is 7.92. The second-order valence-electron chi connectivity index (χ2n) is 6.27. The molecule has 0 aliphatic carbocycles. The van der Waals surface area contributed by atoms with Crippen LogP contribution in [0, 0.1) is 5.82 Å². The molecule has 0 spiro atoms. The van der Waals surface area contributed by atoms with Crippen molar-refractivity contribution in [3.05, 3.63) is 71.6 Å². The molecule has 0 atom stereocenters. The Morgan fingerprint density at radius 3 is 2.60 bits per heavy atom. The average molecular weight is 342 g/mol. The molecule has 0 fully saturated rings. The van der Waals surface area contributed by atoms with Gasteiger partial charge in [0.1, 0.15) is 17.1 Å². The van der Waals surface area contributed by atoms with E-state index in [1.54, 1.807) is 13.8 Å². The molecule has 4 nitrogen and oxygen atoms in total. The molecule has 0 saturated heterocycles. The third-order valence-electron chi connectivity index (χ3n) is 3.77. The topological polar surface area (TPSA) is 44.8 Å². The van der Waals surface area contributed by atoms with Gasteiger partial charge in [-0.1, -0.05) is 36.9 Å². The molecule has 2 aromatic carbocycles. The highest BCUT2D eigenvalue weighted by Crippen LogP contribution is 2.38. The maximum atomic E-state index is 14.0. The van der Waals surface area contributed by atoms with Crippen LogP contribution in [0.3, 0.4) is 0 Å². The van der Waals surface area contributed by atoms with Crippen LogP contribution in [-0.4, -0.2) is 18.4 Å². The number of fused-ring (bicyclic) bond motifs is 1. The quantitative estimate of drug-likeness (QED) is 0.758. The first-order chi connectivity index (χ1) is 11.9. The van der Waals surface area contributed by atoms with E-state index in [0.717, 1.165) is 5.56 Å². The second kappa shape index (κ2) is 6.69. The van der Waals surface area contributed by atoms with Gasteiger partial charge in [0, 0.05) is 19.4 Å². The zero-order valence-electron chi connectivity index (χ0n) is 14.2. The molecule has 130 valence electrons. The number of rotatable bonds is 5. The smallest absolute Gasteiger partial charge is 0.348 e. The highest BCUT2D eigenvalue weighted by atomic mass is 19.1. The lowest BCUT2D eigenvalue weighted by atomic mass is 10.0. The Labute approximate surface area is 145 Å². The molecule has 0 N–H and O–H groups in total. The van der Waals surface area contributed by atoms with E-state index in [2.05, 4.69) is 6.58 Å². The Hall–Kier alpha value is -2.66. The van der Waals surface area contributed by atoms with Crippen LogP contribution >= 0.6 is 0 Å². The number of carbonyl (C=O) groups is 1. The summed E-state index contributed by atoms with van der Waals surface area (Å²) in [5.74, 6) is -2.45. The number of halogens is 1. The summed E-state index contributed by atoms with van der Waals surface area (Å²) in [5.41, 5.74) is 1.96. The molecule has 1 heterocycles. The van der Waals surface area contributed by atoms with Gasteiger partial charge in [-0.05, 0) is 23.3 Å².